The summed E-state index contributed by atoms with van der Waals surface area (Å²) >= 11 is 0. The Labute approximate surface area is 141 Å². The number of nitrogens with zero attached hydrogens (tertiary/aromatic N) is 1. The first-order valence-corrected chi connectivity index (χ1v) is 8.84. The molecule has 7 heteroatoms. The van der Waals surface area contributed by atoms with Crippen LogP contribution in [0, 0.1) is 0 Å². The lowest BCUT2D eigenvalue weighted by atomic mass is 9.78. The summed E-state index contributed by atoms with van der Waals surface area (Å²) in [7, 11) is 0. The third-order valence-corrected chi connectivity index (χ3v) is 4.84. The number of rotatable bonds is 6. The van der Waals surface area contributed by atoms with E-state index in [-0.39, 0.29) is 30.6 Å². The number of hydrogen-bond acceptors (Lipinski definition) is 4. The molecular formula is C17H26N4O3. The van der Waals surface area contributed by atoms with Gasteiger partial charge in [0, 0.05) is 24.9 Å². The number of carbonyl (C=O) groups excluding carboxylic acids is 2. The number of ether oxygens (including phenoxy) is 1. The van der Waals surface area contributed by atoms with Gasteiger partial charge in [-0.2, -0.15) is 5.10 Å². The standard InChI is InChI=1S/C17H26N4O3/c1-11(22)18-13-7-12(8-13)15-9-16(21-20-15)19-17(23)10-24-14-5-3-2-4-6-14/h9,12-14H,2-8,10H2,1H3,(H,18,22)(H2,19,20,21,23). The van der Waals surface area contributed by atoms with Crippen LogP contribution < -0.4 is 10.6 Å². The highest BCUT2D eigenvalue weighted by molar-refractivity contribution is 5.90. The Balaban J connectivity index is 1.39. The first-order chi connectivity index (χ1) is 11.6. The minimum Gasteiger partial charge on any atom is -0.368 e. The monoisotopic (exact) mass is 334 g/mol. The van der Waals surface area contributed by atoms with Gasteiger partial charge in [-0.05, 0) is 25.7 Å². The molecule has 0 unspecified atom stereocenters. The highest BCUT2D eigenvalue weighted by Gasteiger charge is 2.32. The molecule has 3 rings (SSSR count). The third kappa shape index (κ3) is 4.56. The highest BCUT2D eigenvalue weighted by atomic mass is 16.5. The highest BCUT2D eigenvalue weighted by Crippen LogP contribution is 2.36. The summed E-state index contributed by atoms with van der Waals surface area (Å²) < 4.78 is 5.67. The molecule has 1 heterocycles. The van der Waals surface area contributed by atoms with Gasteiger partial charge in [0.15, 0.2) is 0 Å². The van der Waals surface area contributed by atoms with Gasteiger partial charge in [-0.3, -0.25) is 14.7 Å². The Morgan fingerprint density at radius 2 is 2.04 bits per heavy atom. The van der Waals surface area contributed by atoms with E-state index in [1.54, 1.807) is 0 Å². The summed E-state index contributed by atoms with van der Waals surface area (Å²) in [6.45, 7) is 1.62. The fraction of sp³-hybridized carbons (Fsp3) is 0.706. The normalized spacial score (nSPS) is 24.2. The van der Waals surface area contributed by atoms with Gasteiger partial charge in [0.25, 0.3) is 5.91 Å². The zero-order chi connectivity index (χ0) is 16.9. The number of hydrogen-bond donors (Lipinski definition) is 3. The first kappa shape index (κ1) is 17.0. The summed E-state index contributed by atoms with van der Waals surface area (Å²) in [5, 5.41) is 12.8. The molecule has 7 nitrogen and oxygen atoms in total. The average Bonchev–Trinajstić information content (AvgIpc) is 2.97. The van der Waals surface area contributed by atoms with Crippen molar-refractivity contribution in [1.29, 1.82) is 0 Å². The minimum absolute atomic E-state index is 0.00592. The molecule has 0 atom stereocenters. The maximum absolute atomic E-state index is 12.0. The SMILES string of the molecule is CC(=O)NC1CC(c2cc(NC(=O)COC3CCCCC3)[nH]n2)C1. The minimum atomic E-state index is -0.152. The zero-order valence-corrected chi connectivity index (χ0v) is 14.1. The van der Waals surface area contributed by atoms with Gasteiger partial charge in [-0.1, -0.05) is 19.3 Å². The lowest BCUT2D eigenvalue weighted by molar-refractivity contribution is -0.123. The van der Waals surface area contributed by atoms with Crippen LogP contribution in [0.4, 0.5) is 5.82 Å². The summed E-state index contributed by atoms with van der Waals surface area (Å²) in [5.74, 6) is 0.791. The van der Waals surface area contributed by atoms with Crippen LogP contribution in [0.1, 0.15) is 63.5 Å². The molecule has 1 aromatic rings. The van der Waals surface area contributed by atoms with Crippen LogP contribution in [0.25, 0.3) is 0 Å². The van der Waals surface area contributed by atoms with Crippen molar-refractivity contribution in [3.63, 3.8) is 0 Å². The molecule has 24 heavy (non-hydrogen) atoms. The molecule has 2 saturated carbocycles. The number of anilines is 1. The maximum atomic E-state index is 12.0. The number of nitrogens with one attached hydrogen (secondary N) is 3. The molecule has 132 valence electrons. The van der Waals surface area contributed by atoms with Crippen LogP contribution in [0.5, 0.6) is 0 Å². The van der Waals surface area contributed by atoms with E-state index in [2.05, 4.69) is 20.8 Å². The summed E-state index contributed by atoms with van der Waals surface area (Å²) in [6.07, 6.45) is 7.77. The molecule has 2 amide bonds. The predicted molar refractivity (Wildman–Crippen MR) is 89.6 cm³/mol. The van der Waals surface area contributed by atoms with Crippen LogP contribution >= 0.6 is 0 Å². The smallest absolute Gasteiger partial charge is 0.251 e. The van der Waals surface area contributed by atoms with Crippen molar-refractivity contribution >= 4 is 17.6 Å². The van der Waals surface area contributed by atoms with Gasteiger partial charge in [0.1, 0.15) is 12.4 Å². The van der Waals surface area contributed by atoms with Crippen LogP contribution in [0.15, 0.2) is 6.07 Å². The molecule has 2 fully saturated rings. The molecule has 1 aromatic heterocycles. The summed E-state index contributed by atoms with van der Waals surface area (Å²) in [5.41, 5.74) is 0.931. The molecule has 0 aromatic carbocycles. The second kappa shape index (κ2) is 7.79. The number of aromatic amines is 1. The van der Waals surface area contributed by atoms with E-state index in [4.69, 9.17) is 4.74 Å². The number of H-pyrrole nitrogens is 1. The van der Waals surface area contributed by atoms with Crippen molar-refractivity contribution in [2.24, 2.45) is 0 Å². The second-order valence-electron chi connectivity index (χ2n) is 6.89. The predicted octanol–water partition coefficient (Wildman–Crippen LogP) is 2.08. The van der Waals surface area contributed by atoms with Gasteiger partial charge in [-0.25, -0.2) is 0 Å². The van der Waals surface area contributed by atoms with Crippen LogP contribution in [-0.4, -0.2) is 40.8 Å². The van der Waals surface area contributed by atoms with Gasteiger partial charge in [0.05, 0.1) is 11.8 Å². The first-order valence-electron chi connectivity index (χ1n) is 8.84. The van der Waals surface area contributed by atoms with Crippen LogP contribution in [0.3, 0.4) is 0 Å². The number of carbonyl (C=O) groups is 2. The fourth-order valence-electron chi connectivity index (χ4n) is 3.49. The van der Waals surface area contributed by atoms with Crippen molar-refractivity contribution in [3.8, 4) is 0 Å². The van der Waals surface area contributed by atoms with Crippen molar-refractivity contribution in [2.45, 2.75) is 69.9 Å². The molecule has 0 radical (unpaired) electrons. The molecule has 0 saturated heterocycles. The quantitative estimate of drug-likeness (QED) is 0.742. The van der Waals surface area contributed by atoms with Gasteiger partial charge < -0.3 is 15.4 Å². The van der Waals surface area contributed by atoms with Gasteiger partial charge in [-0.15, -0.1) is 0 Å². The van der Waals surface area contributed by atoms with E-state index >= 15 is 0 Å². The van der Waals surface area contributed by atoms with Crippen molar-refractivity contribution < 1.29 is 14.3 Å². The lowest BCUT2D eigenvalue weighted by Gasteiger charge is -2.34. The zero-order valence-electron chi connectivity index (χ0n) is 14.1. The van der Waals surface area contributed by atoms with E-state index in [9.17, 15) is 9.59 Å². The molecular weight excluding hydrogens is 308 g/mol. The van der Waals surface area contributed by atoms with E-state index in [1.807, 2.05) is 6.07 Å². The Hall–Kier alpha value is -1.89. The van der Waals surface area contributed by atoms with Crippen molar-refractivity contribution in [2.75, 3.05) is 11.9 Å². The fourth-order valence-corrected chi connectivity index (χ4v) is 3.49. The Bertz CT molecular complexity index is 574. The molecule has 3 N–H and O–H groups in total. The van der Waals surface area contributed by atoms with Crippen molar-refractivity contribution in [1.82, 2.24) is 15.5 Å². The molecule has 0 bridgehead atoms. The Morgan fingerprint density at radius 3 is 2.75 bits per heavy atom. The Morgan fingerprint density at radius 1 is 1.29 bits per heavy atom. The largest absolute Gasteiger partial charge is 0.368 e. The summed E-state index contributed by atoms with van der Waals surface area (Å²) in [4.78, 5) is 23.0. The topological polar surface area (TPSA) is 96.1 Å². The number of amides is 2. The van der Waals surface area contributed by atoms with Gasteiger partial charge >= 0.3 is 0 Å². The van der Waals surface area contributed by atoms with E-state index in [0.29, 0.717) is 11.7 Å². The number of aromatic nitrogens is 2. The molecule has 0 aliphatic heterocycles. The van der Waals surface area contributed by atoms with E-state index in [1.165, 1.54) is 26.2 Å². The maximum Gasteiger partial charge on any atom is 0.251 e. The van der Waals surface area contributed by atoms with E-state index < -0.39 is 0 Å². The molecule has 2 aliphatic carbocycles. The van der Waals surface area contributed by atoms with Crippen LogP contribution in [0.2, 0.25) is 0 Å². The van der Waals surface area contributed by atoms with Crippen LogP contribution in [-0.2, 0) is 14.3 Å². The van der Waals surface area contributed by atoms with Crippen molar-refractivity contribution in [3.05, 3.63) is 11.8 Å². The molecule has 2 aliphatic rings. The molecule has 0 spiro atoms. The third-order valence-electron chi connectivity index (χ3n) is 4.84. The summed E-state index contributed by atoms with van der Waals surface area (Å²) in [6, 6.07) is 2.11. The average molecular weight is 334 g/mol. The van der Waals surface area contributed by atoms with E-state index in [0.717, 1.165) is 31.4 Å². The lowest BCUT2D eigenvalue weighted by Crippen LogP contribution is -2.42. The Kier molecular flexibility index (Phi) is 5.50. The second-order valence-corrected chi connectivity index (χ2v) is 6.89. The van der Waals surface area contributed by atoms with Gasteiger partial charge in [0.2, 0.25) is 5.91 Å².